The van der Waals surface area contributed by atoms with Crippen LogP contribution in [0.15, 0.2) is 6.07 Å². The Kier molecular flexibility index (Phi) is 5.20. The lowest BCUT2D eigenvalue weighted by molar-refractivity contribution is -0.0695. The molecule has 0 amide bonds. The number of rotatable bonds is 3. The lowest BCUT2D eigenvalue weighted by Crippen LogP contribution is -2.61. The van der Waals surface area contributed by atoms with Gasteiger partial charge in [-0.3, -0.25) is 0 Å². The van der Waals surface area contributed by atoms with E-state index >= 15 is 0 Å². The van der Waals surface area contributed by atoms with E-state index in [1.165, 1.54) is 22.7 Å². The van der Waals surface area contributed by atoms with E-state index < -0.39 is 15.8 Å². The topological polar surface area (TPSA) is 101 Å². The summed E-state index contributed by atoms with van der Waals surface area (Å²) in [7, 11) is -0.485. The van der Waals surface area contributed by atoms with Crippen LogP contribution in [0.2, 0.25) is 0 Å². The van der Waals surface area contributed by atoms with E-state index in [4.69, 9.17) is 0 Å². The van der Waals surface area contributed by atoms with Gasteiger partial charge in [-0.1, -0.05) is 0 Å². The summed E-state index contributed by atoms with van der Waals surface area (Å²) in [6.07, 6.45) is 0.955. The molecule has 3 heterocycles. The number of hydrogen-bond donors (Lipinski definition) is 1. The number of fused-ring (bicyclic) bond motifs is 1. The average Bonchev–Trinajstić information content (AvgIpc) is 2.59. The van der Waals surface area contributed by atoms with Gasteiger partial charge in [0.1, 0.15) is 11.9 Å². The molecule has 0 aromatic carbocycles. The second-order valence-corrected chi connectivity index (χ2v) is 9.93. The molecule has 1 aromatic heterocycles. The molecule has 0 spiro atoms. The molecule has 2 aliphatic rings. The predicted molar refractivity (Wildman–Crippen MR) is 102 cm³/mol. The zero-order valence-corrected chi connectivity index (χ0v) is 17.1. The fourth-order valence-corrected chi connectivity index (χ4v) is 5.24. The average molecular weight is 394 g/mol. The maximum atomic E-state index is 12.5. The molecule has 27 heavy (non-hydrogen) atoms. The summed E-state index contributed by atoms with van der Waals surface area (Å²) in [5.74, 6) is 0.397. The van der Waals surface area contributed by atoms with Crippen molar-refractivity contribution >= 4 is 16.0 Å². The largest absolute Gasteiger partial charge is 0.389 e. The fourth-order valence-electron chi connectivity index (χ4n) is 4.09. The molecule has 0 radical (unpaired) electrons. The van der Waals surface area contributed by atoms with Crippen LogP contribution in [-0.2, 0) is 10.2 Å². The molecule has 1 aromatic rings. The summed E-state index contributed by atoms with van der Waals surface area (Å²) in [6.45, 7) is 5.43. The SMILES string of the molecule is Cc1cc(C)c(C#N)c(N2CC[C@]3(O)CCN(S(=O)(=O)N(C)C)C[C@@H]3C2)n1. The van der Waals surface area contributed by atoms with Gasteiger partial charge in [-0.05, 0) is 38.3 Å². The Labute approximate surface area is 161 Å². The molecule has 0 saturated carbocycles. The minimum atomic E-state index is -3.52. The highest BCUT2D eigenvalue weighted by molar-refractivity contribution is 7.86. The Balaban J connectivity index is 1.89. The first-order valence-electron chi connectivity index (χ1n) is 9.12. The lowest BCUT2D eigenvalue weighted by Gasteiger charge is -2.50. The first kappa shape index (κ1) is 20.0. The number of aliphatic hydroxyl groups is 1. The maximum absolute atomic E-state index is 12.5. The third kappa shape index (κ3) is 3.55. The van der Waals surface area contributed by atoms with Crippen molar-refractivity contribution in [3.05, 3.63) is 22.9 Å². The van der Waals surface area contributed by atoms with Crippen molar-refractivity contribution < 1.29 is 13.5 Å². The van der Waals surface area contributed by atoms with Crippen molar-refractivity contribution in [1.29, 1.82) is 5.26 Å². The standard InChI is InChI=1S/C18H27N5O3S/c1-13-9-14(2)20-17(16(13)10-19)22-7-5-18(24)6-8-23(12-15(18)11-22)27(25,26)21(3)4/h9,15,24H,5-8,11-12H2,1-4H3/t15-,18-/m0/s1. The van der Waals surface area contributed by atoms with Gasteiger partial charge < -0.3 is 10.0 Å². The second-order valence-electron chi connectivity index (χ2n) is 7.79. The third-order valence-electron chi connectivity index (χ3n) is 5.76. The number of nitriles is 1. The van der Waals surface area contributed by atoms with Crippen LogP contribution in [0.5, 0.6) is 0 Å². The summed E-state index contributed by atoms with van der Waals surface area (Å²) in [5, 5.41) is 20.6. The molecule has 0 aliphatic carbocycles. The van der Waals surface area contributed by atoms with Gasteiger partial charge in [0.2, 0.25) is 0 Å². The van der Waals surface area contributed by atoms with Crippen LogP contribution in [-0.4, -0.2) is 73.0 Å². The second kappa shape index (κ2) is 7.02. The summed E-state index contributed by atoms with van der Waals surface area (Å²) in [5.41, 5.74) is 1.38. The summed E-state index contributed by atoms with van der Waals surface area (Å²) < 4.78 is 27.7. The van der Waals surface area contributed by atoms with E-state index in [-0.39, 0.29) is 12.5 Å². The quantitative estimate of drug-likeness (QED) is 0.809. The minimum Gasteiger partial charge on any atom is -0.389 e. The number of pyridine rings is 1. The molecule has 9 heteroatoms. The first-order valence-corrected chi connectivity index (χ1v) is 10.5. The molecular weight excluding hydrogens is 366 g/mol. The van der Waals surface area contributed by atoms with Crippen LogP contribution in [0.4, 0.5) is 5.82 Å². The van der Waals surface area contributed by atoms with Crippen molar-refractivity contribution in [3.63, 3.8) is 0 Å². The highest BCUT2D eigenvalue weighted by atomic mass is 32.2. The van der Waals surface area contributed by atoms with Crippen molar-refractivity contribution in [2.75, 3.05) is 45.2 Å². The molecule has 148 valence electrons. The van der Waals surface area contributed by atoms with E-state index in [0.717, 1.165) is 11.3 Å². The number of aromatic nitrogens is 1. The number of piperidine rings is 2. The Morgan fingerprint density at radius 2 is 1.96 bits per heavy atom. The van der Waals surface area contributed by atoms with Gasteiger partial charge in [-0.15, -0.1) is 0 Å². The Hall–Kier alpha value is -1.73. The van der Waals surface area contributed by atoms with Gasteiger partial charge >= 0.3 is 0 Å². The summed E-state index contributed by atoms with van der Waals surface area (Å²) in [6, 6.07) is 4.12. The molecular formula is C18H27N5O3S. The molecule has 0 unspecified atom stereocenters. The Bertz CT molecular complexity index is 880. The molecule has 0 bridgehead atoms. The zero-order chi connectivity index (χ0) is 20.0. The molecule has 2 saturated heterocycles. The van der Waals surface area contributed by atoms with E-state index in [1.54, 1.807) is 0 Å². The number of anilines is 1. The summed E-state index contributed by atoms with van der Waals surface area (Å²) >= 11 is 0. The van der Waals surface area contributed by atoms with Crippen LogP contribution >= 0.6 is 0 Å². The monoisotopic (exact) mass is 393 g/mol. The smallest absolute Gasteiger partial charge is 0.281 e. The van der Waals surface area contributed by atoms with Gasteiger partial charge in [0, 0.05) is 51.9 Å². The van der Waals surface area contributed by atoms with Gasteiger partial charge in [0.15, 0.2) is 0 Å². The van der Waals surface area contributed by atoms with Gasteiger partial charge in [0.05, 0.1) is 11.2 Å². The van der Waals surface area contributed by atoms with Crippen molar-refractivity contribution in [2.24, 2.45) is 5.92 Å². The third-order valence-corrected chi connectivity index (χ3v) is 7.67. The number of aryl methyl sites for hydroxylation is 2. The molecule has 2 fully saturated rings. The highest BCUT2D eigenvalue weighted by Gasteiger charge is 2.48. The van der Waals surface area contributed by atoms with E-state index in [1.807, 2.05) is 24.8 Å². The van der Waals surface area contributed by atoms with E-state index in [0.29, 0.717) is 43.9 Å². The summed E-state index contributed by atoms with van der Waals surface area (Å²) in [4.78, 5) is 6.58. The number of nitrogens with zero attached hydrogens (tertiary/aromatic N) is 5. The van der Waals surface area contributed by atoms with Crippen molar-refractivity contribution in [3.8, 4) is 6.07 Å². The van der Waals surface area contributed by atoms with E-state index in [9.17, 15) is 18.8 Å². The van der Waals surface area contributed by atoms with Crippen LogP contribution < -0.4 is 4.90 Å². The van der Waals surface area contributed by atoms with Gasteiger partial charge in [-0.2, -0.15) is 22.3 Å². The van der Waals surface area contributed by atoms with E-state index in [2.05, 4.69) is 11.1 Å². The van der Waals surface area contributed by atoms with Gasteiger partial charge in [-0.25, -0.2) is 4.98 Å². The molecule has 2 aliphatic heterocycles. The van der Waals surface area contributed by atoms with Crippen molar-refractivity contribution in [1.82, 2.24) is 13.6 Å². The number of hydrogen-bond acceptors (Lipinski definition) is 6. The Morgan fingerprint density at radius 3 is 2.59 bits per heavy atom. The van der Waals surface area contributed by atoms with Crippen LogP contribution in [0.25, 0.3) is 0 Å². The minimum absolute atomic E-state index is 0.233. The van der Waals surface area contributed by atoms with Gasteiger partial charge in [0.25, 0.3) is 10.2 Å². The molecule has 3 rings (SSSR count). The van der Waals surface area contributed by atoms with Crippen LogP contribution in [0.1, 0.15) is 29.7 Å². The zero-order valence-electron chi connectivity index (χ0n) is 16.3. The predicted octanol–water partition coefficient (Wildman–Crippen LogP) is 0.640. The first-order chi connectivity index (χ1) is 12.6. The van der Waals surface area contributed by atoms with Crippen molar-refractivity contribution in [2.45, 2.75) is 32.3 Å². The van der Waals surface area contributed by atoms with Crippen LogP contribution in [0.3, 0.4) is 0 Å². The molecule has 8 nitrogen and oxygen atoms in total. The lowest BCUT2D eigenvalue weighted by atomic mass is 9.76. The Morgan fingerprint density at radius 1 is 1.30 bits per heavy atom. The molecule has 1 N–H and O–H groups in total. The van der Waals surface area contributed by atoms with Crippen LogP contribution in [0, 0.1) is 31.1 Å². The maximum Gasteiger partial charge on any atom is 0.281 e. The normalized spacial score (nSPS) is 26.7. The highest BCUT2D eigenvalue weighted by Crippen LogP contribution is 2.38. The fraction of sp³-hybridized carbons (Fsp3) is 0.667. The molecule has 2 atom stereocenters.